The quantitative estimate of drug-likeness (QED) is 0.849. The molecule has 4 heteroatoms. The Hall–Kier alpha value is -1.68. The number of hydrogen-bond acceptors (Lipinski definition) is 3. The molecule has 0 aliphatic heterocycles. The van der Waals surface area contributed by atoms with Crippen molar-refractivity contribution in [3.8, 4) is 5.69 Å². The molecule has 1 aromatic carbocycles. The highest BCUT2D eigenvalue weighted by Crippen LogP contribution is 2.19. The Balaban J connectivity index is 2.49. The minimum Gasteiger partial charge on any atom is -0.308 e. The first-order valence-electron chi connectivity index (χ1n) is 5.30. The topological polar surface area (TPSA) is 42.7 Å². The molecule has 0 saturated carbocycles. The molecular weight excluding hydrogens is 200 g/mol. The Morgan fingerprint density at radius 1 is 1.19 bits per heavy atom. The third-order valence-electron chi connectivity index (χ3n) is 2.77. The van der Waals surface area contributed by atoms with Crippen molar-refractivity contribution >= 4 is 0 Å². The van der Waals surface area contributed by atoms with Crippen LogP contribution < -0.4 is 5.32 Å². The van der Waals surface area contributed by atoms with Crippen LogP contribution in [-0.4, -0.2) is 21.8 Å². The zero-order chi connectivity index (χ0) is 11.6. The molecule has 0 unspecified atom stereocenters. The molecule has 0 bridgehead atoms. The van der Waals surface area contributed by atoms with Gasteiger partial charge in [0, 0.05) is 5.69 Å². The lowest BCUT2D eigenvalue weighted by atomic mass is 10.1. The van der Waals surface area contributed by atoms with E-state index in [1.54, 1.807) is 6.33 Å². The zero-order valence-corrected chi connectivity index (χ0v) is 9.81. The van der Waals surface area contributed by atoms with Crippen LogP contribution in [0.25, 0.3) is 5.69 Å². The number of nitrogens with one attached hydrogen (secondary N) is 1. The molecule has 2 rings (SSSR count). The van der Waals surface area contributed by atoms with Gasteiger partial charge >= 0.3 is 0 Å². The Kier molecular flexibility index (Phi) is 2.75. The van der Waals surface area contributed by atoms with Crippen LogP contribution in [0.2, 0.25) is 0 Å². The van der Waals surface area contributed by atoms with Crippen LogP contribution in [0, 0.1) is 0 Å². The van der Waals surface area contributed by atoms with Gasteiger partial charge in [-0.3, -0.25) is 4.57 Å². The molecule has 0 saturated heterocycles. The highest BCUT2D eigenvalue weighted by Gasteiger charge is 2.24. The van der Waals surface area contributed by atoms with Gasteiger partial charge in [0.25, 0.3) is 0 Å². The molecule has 1 aromatic heterocycles. The van der Waals surface area contributed by atoms with Gasteiger partial charge in [-0.2, -0.15) is 0 Å². The lowest BCUT2D eigenvalue weighted by Gasteiger charge is -2.23. The van der Waals surface area contributed by atoms with Gasteiger partial charge in [0.15, 0.2) is 5.82 Å². The van der Waals surface area contributed by atoms with Crippen LogP contribution in [0.1, 0.15) is 19.7 Å². The molecule has 4 nitrogen and oxygen atoms in total. The summed E-state index contributed by atoms with van der Waals surface area (Å²) in [7, 11) is 1.92. The molecule has 0 spiro atoms. The average molecular weight is 216 g/mol. The first-order valence-corrected chi connectivity index (χ1v) is 5.30. The highest BCUT2D eigenvalue weighted by molar-refractivity contribution is 5.33. The summed E-state index contributed by atoms with van der Waals surface area (Å²) in [4.78, 5) is 0. The van der Waals surface area contributed by atoms with Crippen LogP contribution >= 0.6 is 0 Å². The van der Waals surface area contributed by atoms with E-state index in [1.165, 1.54) is 0 Å². The maximum Gasteiger partial charge on any atom is 0.157 e. The SMILES string of the molecule is CNC(C)(C)c1nncn1-c1ccccc1. The summed E-state index contributed by atoms with van der Waals surface area (Å²) in [6.45, 7) is 4.16. The van der Waals surface area contributed by atoms with E-state index >= 15 is 0 Å². The van der Waals surface area contributed by atoms with Crippen LogP contribution in [-0.2, 0) is 5.54 Å². The average Bonchev–Trinajstić information content (AvgIpc) is 2.80. The maximum atomic E-state index is 4.19. The molecular formula is C12H16N4. The van der Waals surface area contributed by atoms with Gasteiger partial charge < -0.3 is 5.32 Å². The summed E-state index contributed by atoms with van der Waals surface area (Å²) < 4.78 is 2.00. The minimum absolute atomic E-state index is 0.202. The predicted octanol–water partition coefficient (Wildman–Crippen LogP) is 1.72. The van der Waals surface area contributed by atoms with E-state index in [1.807, 2.05) is 41.9 Å². The molecule has 84 valence electrons. The lowest BCUT2D eigenvalue weighted by Crippen LogP contribution is -2.36. The second kappa shape index (κ2) is 4.06. The van der Waals surface area contributed by atoms with E-state index in [-0.39, 0.29) is 5.54 Å². The zero-order valence-electron chi connectivity index (χ0n) is 9.81. The molecule has 0 fully saturated rings. The van der Waals surface area contributed by atoms with Crippen LogP contribution in [0.5, 0.6) is 0 Å². The predicted molar refractivity (Wildman–Crippen MR) is 63.4 cm³/mol. The number of benzene rings is 1. The Morgan fingerprint density at radius 2 is 1.88 bits per heavy atom. The van der Waals surface area contributed by atoms with Gasteiger partial charge in [-0.05, 0) is 33.0 Å². The summed E-state index contributed by atoms with van der Waals surface area (Å²) in [5.41, 5.74) is 0.873. The molecule has 1 heterocycles. The molecule has 2 aromatic rings. The third-order valence-corrected chi connectivity index (χ3v) is 2.77. The Morgan fingerprint density at radius 3 is 2.50 bits per heavy atom. The second-order valence-electron chi connectivity index (χ2n) is 4.24. The fourth-order valence-electron chi connectivity index (χ4n) is 1.55. The molecule has 0 atom stereocenters. The van der Waals surface area contributed by atoms with Crippen molar-refractivity contribution in [2.75, 3.05) is 7.05 Å². The smallest absolute Gasteiger partial charge is 0.157 e. The fourth-order valence-corrected chi connectivity index (χ4v) is 1.55. The van der Waals surface area contributed by atoms with E-state index in [9.17, 15) is 0 Å². The van der Waals surface area contributed by atoms with E-state index in [4.69, 9.17) is 0 Å². The van der Waals surface area contributed by atoms with Crippen LogP contribution in [0.4, 0.5) is 0 Å². The van der Waals surface area contributed by atoms with Crippen LogP contribution in [0.15, 0.2) is 36.7 Å². The first kappa shape index (κ1) is 10.8. The van der Waals surface area contributed by atoms with Crippen molar-refractivity contribution in [3.05, 3.63) is 42.5 Å². The number of hydrogen-bond donors (Lipinski definition) is 1. The number of nitrogens with zero attached hydrogens (tertiary/aromatic N) is 3. The second-order valence-corrected chi connectivity index (χ2v) is 4.24. The molecule has 0 aliphatic carbocycles. The maximum absolute atomic E-state index is 4.19. The van der Waals surface area contributed by atoms with Crippen molar-refractivity contribution in [3.63, 3.8) is 0 Å². The molecule has 1 N–H and O–H groups in total. The van der Waals surface area contributed by atoms with E-state index in [2.05, 4.69) is 29.4 Å². The summed E-state index contributed by atoms with van der Waals surface area (Å²) in [5, 5.41) is 11.4. The third kappa shape index (κ3) is 1.84. The van der Waals surface area contributed by atoms with Gasteiger partial charge in [-0.1, -0.05) is 18.2 Å². The van der Waals surface area contributed by atoms with Gasteiger partial charge in [-0.25, -0.2) is 0 Å². The van der Waals surface area contributed by atoms with Gasteiger partial charge in [-0.15, -0.1) is 10.2 Å². The van der Waals surface area contributed by atoms with E-state index in [0.29, 0.717) is 0 Å². The summed E-state index contributed by atoms with van der Waals surface area (Å²) in [5.74, 6) is 0.904. The summed E-state index contributed by atoms with van der Waals surface area (Å²) in [6, 6.07) is 10.1. The molecule has 0 amide bonds. The number of aromatic nitrogens is 3. The number of rotatable bonds is 3. The Labute approximate surface area is 95.3 Å². The number of para-hydroxylation sites is 1. The van der Waals surface area contributed by atoms with E-state index in [0.717, 1.165) is 11.5 Å². The highest BCUT2D eigenvalue weighted by atomic mass is 15.3. The molecule has 0 radical (unpaired) electrons. The standard InChI is InChI=1S/C12H16N4/c1-12(2,13-3)11-15-14-9-16(11)10-7-5-4-6-8-10/h4-9,13H,1-3H3. The lowest BCUT2D eigenvalue weighted by molar-refractivity contribution is 0.409. The minimum atomic E-state index is -0.202. The van der Waals surface area contributed by atoms with Gasteiger partial charge in [0.05, 0.1) is 5.54 Å². The fraction of sp³-hybridized carbons (Fsp3) is 0.333. The normalized spacial score (nSPS) is 11.7. The van der Waals surface area contributed by atoms with Crippen molar-refractivity contribution in [1.82, 2.24) is 20.1 Å². The summed E-state index contributed by atoms with van der Waals surface area (Å²) in [6.07, 6.45) is 1.74. The molecule has 0 aliphatic rings. The van der Waals surface area contributed by atoms with E-state index < -0.39 is 0 Å². The van der Waals surface area contributed by atoms with Crippen molar-refractivity contribution in [2.24, 2.45) is 0 Å². The van der Waals surface area contributed by atoms with Gasteiger partial charge in [0.1, 0.15) is 6.33 Å². The Bertz CT molecular complexity index is 459. The van der Waals surface area contributed by atoms with Crippen molar-refractivity contribution in [2.45, 2.75) is 19.4 Å². The van der Waals surface area contributed by atoms with Crippen molar-refractivity contribution < 1.29 is 0 Å². The summed E-state index contributed by atoms with van der Waals surface area (Å²) >= 11 is 0. The van der Waals surface area contributed by atoms with Gasteiger partial charge in [0.2, 0.25) is 0 Å². The largest absolute Gasteiger partial charge is 0.308 e. The van der Waals surface area contributed by atoms with Crippen molar-refractivity contribution in [1.29, 1.82) is 0 Å². The molecule has 16 heavy (non-hydrogen) atoms. The monoisotopic (exact) mass is 216 g/mol. The van der Waals surface area contributed by atoms with Crippen LogP contribution in [0.3, 0.4) is 0 Å². The first-order chi connectivity index (χ1) is 7.65.